The highest BCUT2D eigenvalue weighted by Crippen LogP contribution is 2.26. The van der Waals surface area contributed by atoms with Gasteiger partial charge in [0.1, 0.15) is 0 Å². The standard InChI is InChI=1S/C11H16F2O2/c1-3-5-8-11(12,13)9-6-7-10(14)15-4-2/h1H,4-9H2,2H3. The van der Waals surface area contributed by atoms with Crippen molar-refractivity contribution in [2.45, 2.75) is 45.0 Å². The van der Waals surface area contributed by atoms with Gasteiger partial charge in [0.05, 0.1) is 6.61 Å². The fourth-order valence-electron chi connectivity index (χ4n) is 1.10. The molecule has 0 fully saturated rings. The Morgan fingerprint density at radius 3 is 2.67 bits per heavy atom. The highest BCUT2D eigenvalue weighted by atomic mass is 19.3. The van der Waals surface area contributed by atoms with Crippen LogP contribution in [0.2, 0.25) is 0 Å². The van der Waals surface area contributed by atoms with Crippen LogP contribution in [0.25, 0.3) is 0 Å². The molecule has 0 unspecified atom stereocenters. The van der Waals surface area contributed by atoms with Gasteiger partial charge in [0, 0.05) is 25.7 Å². The van der Waals surface area contributed by atoms with E-state index in [1.54, 1.807) is 6.92 Å². The van der Waals surface area contributed by atoms with Gasteiger partial charge in [-0.15, -0.1) is 12.3 Å². The van der Waals surface area contributed by atoms with Crippen LogP contribution in [0.5, 0.6) is 0 Å². The molecule has 15 heavy (non-hydrogen) atoms. The van der Waals surface area contributed by atoms with Gasteiger partial charge in [0.15, 0.2) is 0 Å². The van der Waals surface area contributed by atoms with Crippen molar-refractivity contribution in [3.8, 4) is 12.3 Å². The Bertz CT molecular complexity index is 231. The van der Waals surface area contributed by atoms with Gasteiger partial charge in [-0.2, -0.15) is 0 Å². The lowest BCUT2D eigenvalue weighted by Gasteiger charge is -2.14. The Labute approximate surface area is 89.0 Å². The van der Waals surface area contributed by atoms with Crippen LogP contribution in [-0.4, -0.2) is 18.5 Å². The van der Waals surface area contributed by atoms with Crippen molar-refractivity contribution in [2.24, 2.45) is 0 Å². The summed E-state index contributed by atoms with van der Waals surface area (Å²) in [5.74, 6) is -1.02. The van der Waals surface area contributed by atoms with Gasteiger partial charge in [0.2, 0.25) is 5.92 Å². The molecule has 0 atom stereocenters. The number of rotatable bonds is 7. The van der Waals surface area contributed by atoms with Crippen LogP contribution in [0.1, 0.15) is 39.0 Å². The van der Waals surface area contributed by atoms with E-state index in [-0.39, 0.29) is 38.7 Å². The van der Waals surface area contributed by atoms with Crippen molar-refractivity contribution in [3.63, 3.8) is 0 Å². The molecular formula is C11H16F2O2. The Hall–Kier alpha value is -1.11. The summed E-state index contributed by atoms with van der Waals surface area (Å²) in [6.45, 7) is 1.96. The van der Waals surface area contributed by atoms with Crippen LogP contribution < -0.4 is 0 Å². The maximum Gasteiger partial charge on any atom is 0.305 e. The zero-order valence-corrected chi connectivity index (χ0v) is 8.89. The Balaban J connectivity index is 3.65. The minimum absolute atomic E-state index is 0.0412. The number of ether oxygens (including phenoxy) is 1. The lowest BCUT2D eigenvalue weighted by Crippen LogP contribution is -2.16. The van der Waals surface area contributed by atoms with Crippen molar-refractivity contribution < 1.29 is 18.3 Å². The molecule has 0 aromatic rings. The Morgan fingerprint density at radius 1 is 1.47 bits per heavy atom. The first-order valence-corrected chi connectivity index (χ1v) is 4.98. The molecule has 2 nitrogen and oxygen atoms in total. The third-order valence-corrected chi connectivity index (χ3v) is 1.86. The molecule has 0 spiro atoms. The van der Waals surface area contributed by atoms with Gasteiger partial charge >= 0.3 is 5.97 Å². The maximum atomic E-state index is 13.0. The largest absolute Gasteiger partial charge is 0.466 e. The van der Waals surface area contributed by atoms with E-state index in [0.29, 0.717) is 0 Å². The number of hydrogen-bond acceptors (Lipinski definition) is 2. The first-order chi connectivity index (χ1) is 7.02. The highest BCUT2D eigenvalue weighted by Gasteiger charge is 2.27. The normalized spacial score (nSPS) is 10.8. The van der Waals surface area contributed by atoms with Gasteiger partial charge in [-0.25, -0.2) is 8.78 Å². The van der Waals surface area contributed by atoms with Crippen LogP contribution >= 0.6 is 0 Å². The number of carbonyl (C=O) groups excluding carboxylic acids is 1. The predicted octanol–water partition coefficient (Wildman–Crippen LogP) is 2.77. The van der Waals surface area contributed by atoms with Crippen molar-refractivity contribution in [1.82, 2.24) is 0 Å². The number of hydrogen-bond donors (Lipinski definition) is 0. The van der Waals surface area contributed by atoms with Crippen LogP contribution in [0.15, 0.2) is 0 Å². The fourth-order valence-corrected chi connectivity index (χ4v) is 1.10. The van der Waals surface area contributed by atoms with E-state index in [2.05, 4.69) is 10.7 Å². The minimum Gasteiger partial charge on any atom is -0.466 e. The van der Waals surface area contributed by atoms with Crippen molar-refractivity contribution in [1.29, 1.82) is 0 Å². The van der Waals surface area contributed by atoms with E-state index in [1.807, 2.05) is 0 Å². The monoisotopic (exact) mass is 218 g/mol. The molecule has 0 heterocycles. The second-order valence-electron chi connectivity index (χ2n) is 3.22. The average Bonchev–Trinajstić information content (AvgIpc) is 2.15. The molecular weight excluding hydrogens is 202 g/mol. The molecule has 0 amide bonds. The van der Waals surface area contributed by atoms with E-state index in [1.165, 1.54) is 0 Å². The van der Waals surface area contributed by atoms with Crippen LogP contribution in [0.4, 0.5) is 8.78 Å². The summed E-state index contributed by atoms with van der Waals surface area (Å²) in [4.78, 5) is 10.8. The van der Waals surface area contributed by atoms with E-state index >= 15 is 0 Å². The Kier molecular flexibility index (Phi) is 6.68. The molecule has 0 aromatic carbocycles. The zero-order chi connectivity index (χ0) is 11.7. The smallest absolute Gasteiger partial charge is 0.305 e. The molecule has 0 aliphatic heterocycles. The average molecular weight is 218 g/mol. The molecule has 0 saturated heterocycles. The summed E-state index contributed by atoms with van der Waals surface area (Å²) >= 11 is 0. The summed E-state index contributed by atoms with van der Waals surface area (Å²) in [5, 5.41) is 0. The number of carbonyl (C=O) groups is 1. The summed E-state index contributed by atoms with van der Waals surface area (Å²) < 4.78 is 30.6. The van der Waals surface area contributed by atoms with Gasteiger partial charge in [0.25, 0.3) is 0 Å². The van der Waals surface area contributed by atoms with Gasteiger partial charge < -0.3 is 4.74 Å². The fraction of sp³-hybridized carbons (Fsp3) is 0.727. The second kappa shape index (κ2) is 7.22. The summed E-state index contributed by atoms with van der Waals surface area (Å²) in [6.07, 6.45) is 4.51. The molecule has 0 saturated carbocycles. The van der Waals surface area contributed by atoms with E-state index < -0.39 is 11.9 Å². The molecule has 0 aromatic heterocycles. The summed E-state index contributed by atoms with van der Waals surface area (Å²) in [7, 11) is 0. The summed E-state index contributed by atoms with van der Waals surface area (Å²) in [6, 6.07) is 0. The third-order valence-electron chi connectivity index (χ3n) is 1.86. The first kappa shape index (κ1) is 13.9. The third kappa shape index (κ3) is 7.92. The topological polar surface area (TPSA) is 26.3 Å². The molecule has 0 radical (unpaired) electrons. The van der Waals surface area contributed by atoms with Crippen molar-refractivity contribution >= 4 is 5.97 Å². The second-order valence-corrected chi connectivity index (χ2v) is 3.22. The quantitative estimate of drug-likeness (QED) is 0.485. The van der Waals surface area contributed by atoms with E-state index in [0.717, 1.165) is 0 Å². The molecule has 86 valence electrons. The van der Waals surface area contributed by atoms with Gasteiger partial charge in [-0.3, -0.25) is 4.79 Å². The van der Waals surface area contributed by atoms with Crippen molar-refractivity contribution in [2.75, 3.05) is 6.61 Å². The number of halogens is 2. The van der Waals surface area contributed by atoms with Gasteiger partial charge in [-0.05, 0) is 13.3 Å². The predicted molar refractivity (Wildman–Crippen MR) is 53.5 cm³/mol. The number of esters is 1. The maximum absolute atomic E-state index is 13.0. The first-order valence-electron chi connectivity index (χ1n) is 4.98. The lowest BCUT2D eigenvalue weighted by molar-refractivity contribution is -0.143. The number of terminal acetylenes is 1. The molecule has 0 bridgehead atoms. The molecule has 0 aliphatic rings. The van der Waals surface area contributed by atoms with Crippen LogP contribution in [0.3, 0.4) is 0 Å². The van der Waals surface area contributed by atoms with Crippen molar-refractivity contribution in [3.05, 3.63) is 0 Å². The molecule has 0 aliphatic carbocycles. The van der Waals surface area contributed by atoms with Crippen LogP contribution in [-0.2, 0) is 9.53 Å². The molecule has 0 N–H and O–H groups in total. The highest BCUT2D eigenvalue weighted by molar-refractivity contribution is 5.69. The molecule has 4 heteroatoms. The SMILES string of the molecule is C#CCCC(F)(F)CCCC(=O)OCC. The molecule has 0 rings (SSSR count). The van der Waals surface area contributed by atoms with E-state index in [4.69, 9.17) is 6.42 Å². The Morgan fingerprint density at radius 2 is 2.13 bits per heavy atom. The number of alkyl halides is 2. The zero-order valence-electron chi connectivity index (χ0n) is 8.89. The van der Waals surface area contributed by atoms with Gasteiger partial charge in [-0.1, -0.05) is 0 Å². The van der Waals surface area contributed by atoms with E-state index in [9.17, 15) is 13.6 Å². The van der Waals surface area contributed by atoms with Crippen LogP contribution in [0, 0.1) is 12.3 Å². The summed E-state index contributed by atoms with van der Waals surface area (Å²) in [5.41, 5.74) is 0. The minimum atomic E-state index is -2.77. The lowest BCUT2D eigenvalue weighted by atomic mass is 10.1.